The number of nitro benzene ring substituents is 1. The molecule has 0 bridgehead atoms. The molecule has 0 aromatic heterocycles. The van der Waals surface area contributed by atoms with Crippen molar-refractivity contribution in [3.63, 3.8) is 0 Å². The molecule has 1 atom stereocenters. The van der Waals surface area contributed by atoms with Crippen LogP contribution in [-0.2, 0) is 11.2 Å². The Hall–Kier alpha value is -1.95. The number of carbonyl (C=O) groups is 1. The summed E-state index contributed by atoms with van der Waals surface area (Å²) >= 11 is 0. The Morgan fingerprint density at radius 3 is 2.65 bits per heavy atom. The highest BCUT2D eigenvalue weighted by Gasteiger charge is 2.16. The molecule has 1 unspecified atom stereocenters. The fourth-order valence-corrected chi connectivity index (χ4v) is 1.83. The van der Waals surface area contributed by atoms with Crippen LogP contribution in [0.3, 0.4) is 0 Å². The zero-order valence-electron chi connectivity index (χ0n) is 12.1. The summed E-state index contributed by atoms with van der Waals surface area (Å²) in [6, 6.07) is 4.79. The molecule has 6 heteroatoms. The van der Waals surface area contributed by atoms with Crippen LogP contribution < -0.4 is 10.6 Å². The minimum atomic E-state index is -0.420. The first-order chi connectivity index (χ1) is 9.49. The Kier molecular flexibility index (Phi) is 6.11. The van der Waals surface area contributed by atoms with Crippen LogP contribution in [0.4, 0.5) is 11.4 Å². The lowest BCUT2D eigenvalue weighted by Gasteiger charge is -2.12. The summed E-state index contributed by atoms with van der Waals surface area (Å²) in [6.45, 7) is 7.02. The van der Waals surface area contributed by atoms with Gasteiger partial charge in [0.25, 0.3) is 5.69 Å². The predicted octanol–water partition coefficient (Wildman–Crippen LogP) is 2.34. The molecule has 0 fully saturated rings. The van der Waals surface area contributed by atoms with E-state index in [1.165, 1.54) is 6.07 Å². The van der Waals surface area contributed by atoms with Crippen molar-refractivity contribution in [1.82, 2.24) is 5.32 Å². The van der Waals surface area contributed by atoms with Crippen LogP contribution >= 0.6 is 0 Å². The molecular formula is C14H21N3O3. The lowest BCUT2D eigenvalue weighted by molar-refractivity contribution is -0.385. The molecule has 6 nitrogen and oxygen atoms in total. The molecule has 1 amide bonds. The largest absolute Gasteiger partial charge is 0.326 e. The van der Waals surface area contributed by atoms with E-state index in [4.69, 9.17) is 0 Å². The van der Waals surface area contributed by atoms with E-state index >= 15 is 0 Å². The fourth-order valence-electron chi connectivity index (χ4n) is 1.83. The van der Waals surface area contributed by atoms with Crippen molar-refractivity contribution in [3.8, 4) is 0 Å². The first kappa shape index (κ1) is 16.1. The lowest BCUT2D eigenvalue weighted by atomic mass is 10.1. The third-order valence-electron chi connectivity index (χ3n) is 3.08. The summed E-state index contributed by atoms with van der Waals surface area (Å²) in [5, 5.41) is 16.8. The number of nitrogens with zero attached hydrogens (tertiary/aromatic N) is 1. The van der Waals surface area contributed by atoms with Gasteiger partial charge in [-0.25, -0.2) is 0 Å². The van der Waals surface area contributed by atoms with E-state index in [1.54, 1.807) is 12.1 Å². The van der Waals surface area contributed by atoms with Gasteiger partial charge in [-0.2, -0.15) is 0 Å². The summed E-state index contributed by atoms with van der Waals surface area (Å²) in [5.74, 6) is -0.343. The zero-order valence-corrected chi connectivity index (χ0v) is 12.1. The number of hydrogen-bond acceptors (Lipinski definition) is 4. The number of hydrogen-bond donors (Lipinski definition) is 2. The van der Waals surface area contributed by atoms with Crippen molar-refractivity contribution < 1.29 is 9.72 Å². The molecule has 0 aliphatic heterocycles. The number of rotatable bonds is 7. The summed E-state index contributed by atoms with van der Waals surface area (Å²) in [4.78, 5) is 22.5. The number of nitro groups is 1. The standard InChI is InChI=1S/C14H21N3O3/c1-4-11-6-7-12(8-13(11)17(19)20)16-14(18)10(3)9-15-5-2/h6-8,10,15H,4-5,9H2,1-3H3,(H,16,18). The highest BCUT2D eigenvalue weighted by atomic mass is 16.6. The first-order valence-electron chi connectivity index (χ1n) is 6.78. The van der Waals surface area contributed by atoms with Crippen molar-refractivity contribution in [2.45, 2.75) is 27.2 Å². The van der Waals surface area contributed by atoms with Gasteiger partial charge in [-0.1, -0.05) is 26.8 Å². The molecule has 0 spiro atoms. The first-order valence-corrected chi connectivity index (χ1v) is 6.78. The van der Waals surface area contributed by atoms with E-state index in [2.05, 4.69) is 10.6 Å². The highest BCUT2D eigenvalue weighted by molar-refractivity contribution is 5.92. The smallest absolute Gasteiger partial charge is 0.274 e. The lowest BCUT2D eigenvalue weighted by Crippen LogP contribution is -2.30. The molecule has 0 aliphatic carbocycles. The molecule has 1 aromatic rings. The van der Waals surface area contributed by atoms with Crippen LogP contribution in [0, 0.1) is 16.0 Å². The van der Waals surface area contributed by atoms with Gasteiger partial charge in [-0.15, -0.1) is 0 Å². The third-order valence-corrected chi connectivity index (χ3v) is 3.08. The van der Waals surface area contributed by atoms with E-state index in [-0.39, 0.29) is 17.5 Å². The van der Waals surface area contributed by atoms with Gasteiger partial charge in [-0.05, 0) is 19.0 Å². The number of nitrogens with one attached hydrogen (secondary N) is 2. The van der Waals surface area contributed by atoms with E-state index in [0.717, 1.165) is 6.54 Å². The second-order valence-electron chi connectivity index (χ2n) is 4.65. The summed E-state index contributed by atoms with van der Waals surface area (Å²) in [5.41, 5.74) is 1.17. The van der Waals surface area contributed by atoms with Crippen molar-refractivity contribution in [3.05, 3.63) is 33.9 Å². The molecule has 1 rings (SSSR count). The zero-order chi connectivity index (χ0) is 15.1. The van der Waals surface area contributed by atoms with Crippen molar-refractivity contribution >= 4 is 17.3 Å². The van der Waals surface area contributed by atoms with Gasteiger partial charge in [0.15, 0.2) is 0 Å². The molecule has 0 heterocycles. The molecule has 2 N–H and O–H groups in total. The normalized spacial score (nSPS) is 11.9. The topological polar surface area (TPSA) is 84.3 Å². The van der Waals surface area contributed by atoms with Crippen molar-refractivity contribution in [2.75, 3.05) is 18.4 Å². The number of carbonyl (C=O) groups excluding carboxylic acids is 1. The average Bonchev–Trinajstić information content (AvgIpc) is 2.44. The molecule has 0 saturated heterocycles. The van der Waals surface area contributed by atoms with E-state index in [1.807, 2.05) is 20.8 Å². The minimum Gasteiger partial charge on any atom is -0.326 e. The maximum absolute atomic E-state index is 11.9. The Bertz CT molecular complexity index is 489. The Morgan fingerprint density at radius 1 is 1.40 bits per heavy atom. The second kappa shape index (κ2) is 7.59. The predicted molar refractivity (Wildman–Crippen MR) is 78.8 cm³/mol. The van der Waals surface area contributed by atoms with Crippen LogP contribution in [0.2, 0.25) is 0 Å². The van der Waals surface area contributed by atoms with Gasteiger partial charge in [0.1, 0.15) is 0 Å². The molecule has 20 heavy (non-hydrogen) atoms. The third kappa shape index (κ3) is 4.31. The van der Waals surface area contributed by atoms with Crippen LogP contribution in [0.1, 0.15) is 26.3 Å². The Morgan fingerprint density at radius 2 is 2.10 bits per heavy atom. The number of aryl methyl sites for hydroxylation is 1. The van der Waals surface area contributed by atoms with Crippen LogP contribution in [0.5, 0.6) is 0 Å². The summed E-state index contributed by atoms with van der Waals surface area (Å²) < 4.78 is 0. The molecule has 0 radical (unpaired) electrons. The highest BCUT2D eigenvalue weighted by Crippen LogP contribution is 2.23. The maximum atomic E-state index is 11.9. The van der Waals surface area contributed by atoms with Crippen LogP contribution in [0.25, 0.3) is 0 Å². The molecule has 110 valence electrons. The minimum absolute atomic E-state index is 0.0460. The molecular weight excluding hydrogens is 258 g/mol. The van der Waals surface area contributed by atoms with E-state index in [9.17, 15) is 14.9 Å². The van der Waals surface area contributed by atoms with Gasteiger partial charge in [-0.3, -0.25) is 14.9 Å². The molecule has 0 saturated carbocycles. The number of anilines is 1. The number of benzene rings is 1. The maximum Gasteiger partial charge on any atom is 0.274 e. The van der Waals surface area contributed by atoms with Gasteiger partial charge in [0.2, 0.25) is 5.91 Å². The monoisotopic (exact) mass is 279 g/mol. The van der Waals surface area contributed by atoms with Crippen LogP contribution in [-0.4, -0.2) is 23.9 Å². The Balaban J connectivity index is 2.80. The number of amides is 1. The van der Waals surface area contributed by atoms with Crippen molar-refractivity contribution in [1.29, 1.82) is 0 Å². The van der Waals surface area contributed by atoms with E-state index < -0.39 is 4.92 Å². The van der Waals surface area contributed by atoms with Crippen LogP contribution in [0.15, 0.2) is 18.2 Å². The average molecular weight is 279 g/mol. The molecule has 1 aromatic carbocycles. The van der Waals surface area contributed by atoms with Crippen molar-refractivity contribution in [2.24, 2.45) is 5.92 Å². The SMILES string of the molecule is CCNCC(C)C(=O)Nc1ccc(CC)c([N+](=O)[O-])c1. The summed E-state index contributed by atoms with van der Waals surface area (Å²) in [6.07, 6.45) is 0.585. The quantitative estimate of drug-likeness (QED) is 0.592. The second-order valence-corrected chi connectivity index (χ2v) is 4.65. The molecule has 0 aliphatic rings. The summed E-state index contributed by atoms with van der Waals surface area (Å²) in [7, 11) is 0. The van der Waals surface area contributed by atoms with E-state index in [0.29, 0.717) is 24.2 Å². The van der Waals surface area contributed by atoms with Gasteiger partial charge >= 0.3 is 0 Å². The fraction of sp³-hybridized carbons (Fsp3) is 0.500. The van der Waals surface area contributed by atoms with Gasteiger partial charge in [0, 0.05) is 29.8 Å². The Labute approximate surface area is 118 Å². The van der Waals surface area contributed by atoms with Gasteiger partial charge < -0.3 is 10.6 Å². The van der Waals surface area contributed by atoms with Gasteiger partial charge in [0.05, 0.1) is 4.92 Å².